The number of anilines is 1. The van der Waals surface area contributed by atoms with E-state index in [-0.39, 0.29) is 11.3 Å². The summed E-state index contributed by atoms with van der Waals surface area (Å²) >= 11 is 0. The van der Waals surface area contributed by atoms with E-state index in [1.165, 1.54) is 24.8 Å². The maximum absolute atomic E-state index is 13.2. The minimum absolute atomic E-state index is 0.0968. The van der Waals surface area contributed by atoms with E-state index in [2.05, 4.69) is 22.4 Å². The van der Waals surface area contributed by atoms with Crippen molar-refractivity contribution in [3.8, 4) is 0 Å². The fourth-order valence-electron chi connectivity index (χ4n) is 6.69. The normalized spacial score (nSPS) is 29.4. The van der Waals surface area contributed by atoms with Gasteiger partial charge >= 0.3 is 0 Å². The summed E-state index contributed by atoms with van der Waals surface area (Å²) in [7, 11) is 0. The average Bonchev–Trinajstić information content (AvgIpc) is 3.15. The number of rotatable bonds is 5. The Morgan fingerprint density at radius 3 is 2.27 bits per heavy atom. The number of nitrogens with one attached hydrogen (secondary N) is 1. The molecule has 1 heterocycles. The highest BCUT2D eigenvalue weighted by atomic mass is 16.3. The lowest BCUT2D eigenvalue weighted by Crippen LogP contribution is -2.51. The van der Waals surface area contributed by atoms with Crippen LogP contribution in [-0.4, -0.2) is 10.9 Å². The number of aromatic nitrogens is 1. The quantitative estimate of drug-likeness (QED) is 0.592. The molecule has 30 heavy (non-hydrogen) atoms. The molecule has 4 aliphatic rings. The van der Waals surface area contributed by atoms with Gasteiger partial charge < -0.3 is 9.73 Å². The van der Waals surface area contributed by atoms with Crippen molar-refractivity contribution in [2.45, 2.75) is 51.4 Å². The molecule has 7 rings (SSSR count). The number of para-hydroxylation sites is 2. The standard InChI is InChI=1S/C26H28N2O2/c29-25(26-14-18-11-19(15-26)13-20(12-18)16-26)27-21-8-5-17(6-9-21)7-10-24-28-22-3-1-2-4-23(22)30-24/h1-6,8-9,18-20H,7,10-16H2,(H,27,29). The summed E-state index contributed by atoms with van der Waals surface area (Å²) in [6.45, 7) is 0. The number of benzene rings is 2. The van der Waals surface area contributed by atoms with Crippen LogP contribution in [-0.2, 0) is 17.6 Å². The average molecular weight is 401 g/mol. The predicted molar refractivity (Wildman–Crippen MR) is 117 cm³/mol. The molecule has 0 unspecified atom stereocenters. The third-order valence-corrected chi connectivity index (χ3v) is 7.70. The van der Waals surface area contributed by atoms with Crippen LogP contribution in [0.25, 0.3) is 11.1 Å². The molecular formula is C26H28N2O2. The molecule has 1 aromatic heterocycles. The Morgan fingerprint density at radius 2 is 1.60 bits per heavy atom. The monoisotopic (exact) mass is 400 g/mol. The summed E-state index contributed by atoms with van der Waals surface area (Å²) in [5, 5.41) is 3.25. The van der Waals surface area contributed by atoms with Crippen molar-refractivity contribution in [1.29, 1.82) is 0 Å². The molecule has 0 spiro atoms. The zero-order valence-corrected chi connectivity index (χ0v) is 17.3. The highest BCUT2D eigenvalue weighted by Gasteiger charge is 2.54. The molecule has 4 heteroatoms. The topological polar surface area (TPSA) is 55.1 Å². The van der Waals surface area contributed by atoms with Gasteiger partial charge in [0.25, 0.3) is 0 Å². The Hall–Kier alpha value is -2.62. The molecule has 3 aromatic rings. The number of hydrogen-bond donors (Lipinski definition) is 1. The van der Waals surface area contributed by atoms with Gasteiger partial charge in [-0.3, -0.25) is 4.79 Å². The lowest BCUT2D eigenvalue weighted by molar-refractivity contribution is -0.140. The number of carbonyl (C=O) groups excluding carboxylic acids is 1. The zero-order valence-electron chi connectivity index (χ0n) is 17.3. The maximum atomic E-state index is 13.2. The molecule has 154 valence electrons. The van der Waals surface area contributed by atoms with Gasteiger partial charge in [-0.25, -0.2) is 4.98 Å². The van der Waals surface area contributed by atoms with E-state index >= 15 is 0 Å². The molecule has 2 aromatic carbocycles. The first kappa shape index (κ1) is 18.2. The van der Waals surface area contributed by atoms with Gasteiger partial charge in [-0.15, -0.1) is 0 Å². The first-order valence-corrected chi connectivity index (χ1v) is 11.4. The van der Waals surface area contributed by atoms with Crippen LogP contribution in [0.15, 0.2) is 52.9 Å². The van der Waals surface area contributed by atoms with Crippen molar-refractivity contribution < 1.29 is 9.21 Å². The second-order valence-electron chi connectivity index (χ2n) is 9.92. The van der Waals surface area contributed by atoms with E-state index in [0.29, 0.717) is 0 Å². The second-order valence-corrected chi connectivity index (χ2v) is 9.92. The van der Waals surface area contributed by atoms with Crippen LogP contribution in [0, 0.1) is 23.2 Å². The molecular weight excluding hydrogens is 372 g/mol. The van der Waals surface area contributed by atoms with Gasteiger partial charge in [0.05, 0.1) is 5.41 Å². The summed E-state index contributed by atoms with van der Waals surface area (Å²) in [5.74, 6) is 3.40. The third kappa shape index (κ3) is 3.23. The molecule has 0 saturated heterocycles. The van der Waals surface area contributed by atoms with Gasteiger partial charge in [0.15, 0.2) is 11.5 Å². The van der Waals surface area contributed by atoms with Crippen LogP contribution in [0.5, 0.6) is 0 Å². The second kappa shape index (κ2) is 6.97. The SMILES string of the molecule is O=C(Nc1ccc(CCc2nc3ccccc3o2)cc1)C12CC3CC(CC(C3)C1)C2. The molecule has 1 amide bonds. The van der Waals surface area contributed by atoms with Crippen LogP contribution in [0.3, 0.4) is 0 Å². The van der Waals surface area contributed by atoms with Crippen molar-refractivity contribution in [3.05, 3.63) is 60.0 Å². The van der Waals surface area contributed by atoms with Crippen molar-refractivity contribution in [3.63, 3.8) is 0 Å². The molecule has 4 bridgehead atoms. The number of fused-ring (bicyclic) bond motifs is 1. The fourth-order valence-corrected chi connectivity index (χ4v) is 6.69. The Balaban J connectivity index is 1.09. The van der Waals surface area contributed by atoms with Crippen LogP contribution >= 0.6 is 0 Å². The van der Waals surface area contributed by atoms with Crippen molar-refractivity contribution in [1.82, 2.24) is 4.98 Å². The molecule has 4 fully saturated rings. The molecule has 0 aliphatic heterocycles. The Kier molecular flexibility index (Phi) is 4.22. The van der Waals surface area contributed by atoms with Gasteiger partial charge in [0.2, 0.25) is 5.91 Å². The van der Waals surface area contributed by atoms with E-state index in [9.17, 15) is 4.79 Å². The molecule has 4 nitrogen and oxygen atoms in total. The number of aryl methyl sites for hydroxylation is 2. The minimum Gasteiger partial charge on any atom is -0.441 e. The van der Waals surface area contributed by atoms with E-state index < -0.39 is 0 Å². The summed E-state index contributed by atoms with van der Waals surface area (Å²) in [6, 6.07) is 16.2. The Morgan fingerprint density at radius 1 is 0.933 bits per heavy atom. The zero-order chi connectivity index (χ0) is 20.1. The summed E-state index contributed by atoms with van der Waals surface area (Å²) < 4.78 is 5.81. The Labute approximate surface area is 177 Å². The molecule has 0 radical (unpaired) electrons. The van der Waals surface area contributed by atoms with Crippen molar-refractivity contribution >= 4 is 22.7 Å². The van der Waals surface area contributed by atoms with Gasteiger partial charge in [-0.2, -0.15) is 0 Å². The number of oxazole rings is 1. The highest BCUT2D eigenvalue weighted by Crippen LogP contribution is 2.60. The Bertz CT molecular complexity index is 1010. The first-order valence-electron chi connectivity index (χ1n) is 11.4. The number of carbonyl (C=O) groups is 1. The van der Waals surface area contributed by atoms with Crippen LogP contribution in [0.1, 0.15) is 50.0 Å². The van der Waals surface area contributed by atoms with E-state index in [4.69, 9.17) is 4.42 Å². The number of nitrogens with zero attached hydrogens (tertiary/aromatic N) is 1. The third-order valence-electron chi connectivity index (χ3n) is 7.70. The molecule has 4 saturated carbocycles. The molecule has 0 atom stereocenters. The molecule has 4 aliphatic carbocycles. The minimum atomic E-state index is -0.0968. The van der Waals surface area contributed by atoms with Crippen LogP contribution < -0.4 is 5.32 Å². The van der Waals surface area contributed by atoms with Gasteiger partial charge in [-0.1, -0.05) is 24.3 Å². The molecule has 1 N–H and O–H groups in total. The van der Waals surface area contributed by atoms with Gasteiger partial charge in [0, 0.05) is 12.1 Å². The largest absolute Gasteiger partial charge is 0.441 e. The summed E-state index contributed by atoms with van der Waals surface area (Å²) in [5.41, 5.74) is 3.80. The highest BCUT2D eigenvalue weighted by molar-refractivity contribution is 5.95. The van der Waals surface area contributed by atoms with Crippen molar-refractivity contribution in [2.75, 3.05) is 5.32 Å². The van der Waals surface area contributed by atoms with Crippen LogP contribution in [0.4, 0.5) is 5.69 Å². The van der Waals surface area contributed by atoms with Crippen LogP contribution in [0.2, 0.25) is 0 Å². The number of hydrogen-bond acceptors (Lipinski definition) is 3. The van der Waals surface area contributed by atoms with Gasteiger partial charge in [-0.05, 0) is 92.5 Å². The number of amides is 1. The van der Waals surface area contributed by atoms with E-state index in [0.717, 1.165) is 72.5 Å². The summed E-state index contributed by atoms with van der Waals surface area (Å²) in [4.78, 5) is 17.8. The van der Waals surface area contributed by atoms with E-state index in [1.807, 2.05) is 36.4 Å². The fraction of sp³-hybridized carbons (Fsp3) is 0.462. The van der Waals surface area contributed by atoms with Gasteiger partial charge in [0.1, 0.15) is 5.52 Å². The smallest absolute Gasteiger partial charge is 0.230 e. The van der Waals surface area contributed by atoms with Crippen molar-refractivity contribution in [2.24, 2.45) is 23.2 Å². The predicted octanol–water partition coefficient (Wildman–Crippen LogP) is 5.77. The lowest BCUT2D eigenvalue weighted by atomic mass is 9.49. The first-order chi connectivity index (χ1) is 14.6. The summed E-state index contributed by atoms with van der Waals surface area (Å²) in [6.07, 6.45) is 9.04. The maximum Gasteiger partial charge on any atom is 0.230 e. The van der Waals surface area contributed by atoms with E-state index in [1.54, 1.807) is 0 Å². The lowest BCUT2D eigenvalue weighted by Gasteiger charge is -2.55.